The molecule has 70 heavy (non-hydrogen) atoms. The lowest BCUT2D eigenvalue weighted by atomic mass is 9.33. The second-order valence-corrected chi connectivity index (χ2v) is 24.4. The zero-order valence-corrected chi connectivity index (χ0v) is 42.3. The number of carboxylic acids is 1. The van der Waals surface area contributed by atoms with Gasteiger partial charge in [0.15, 0.2) is 25.0 Å². The highest BCUT2D eigenvalue weighted by atomic mass is 16.8. The Hall–Kier alpha value is -1.92. The van der Waals surface area contributed by atoms with Crippen molar-refractivity contribution in [2.24, 2.45) is 50.2 Å². The molecular formula is C51H82O19. The van der Waals surface area contributed by atoms with E-state index in [0.717, 1.165) is 44.9 Å². The summed E-state index contributed by atoms with van der Waals surface area (Å²) in [6, 6.07) is 0. The number of hydrogen-bond donors (Lipinski definition) is 10. The van der Waals surface area contributed by atoms with E-state index in [4.69, 9.17) is 33.2 Å². The first-order chi connectivity index (χ1) is 32.7. The van der Waals surface area contributed by atoms with Gasteiger partial charge in [0.25, 0.3) is 0 Å². The van der Waals surface area contributed by atoms with Crippen LogP contribution in [0, 0.1) is 50.2 Å². The third kappa shape index (κ3) is 8.63. The lowest BCUT2D eigenvalue weighted by molar-refractivity contribution is -0.396. The molecule has 3 heterocycles. The number of aliphatic carboxylic acids is 1. The van der Waals surface area contributed by atoms with Gasteiger partial charge in [-0.1, -0.05) is 67.0 Å². The molecule has 0 bridgehead atoms. The summed E-state index contributed by atoms with van der Waals surface area (Å²) in [5.41, 5.74) is -0.245. The number of carbonyl (C=O) groups is 2. The molecule has 0 radical (unpaired) electrons. The standard InChI is InChI=1S/C51H82O19/c1-10-31(54)66-30-20-46(3,4)19-25-24-11-12-28-48(6)15-14-29(49(7,22-53)27(48)13-16-51(28,9)50(24,8)18-17-47(25,30)5)67-45-41(37(60)36(59)39(68-45)42(62)63)70-44-40(35(58)33(56)26(21-52)65-44)69-43-38(61)34(57)32(55)23(2)64-43/h11,23,25-30,32-41,43-45,52-53,55-61H,10,12-22H2,1-9H3,(H,62,63)/t23-,25-,26+,27+,28+,29-,30+,32-,33-,34+,35-,36-,37-,38+,39-,40+,41+,43-,44-,45+,47+,48-,49+,50+,51+/m0/s1. The second-order valence-electron chi connectivity index (χ2n) is 24.4. The lowest BCUT2D eigenvalue weighted by Gasteiger charge is -2.72. The van der Waals surface area contributed by atoms with Crippen molar-refractivity contribution in [1.82, 2.24) is 0 Å². The fraction of sp³-hybridized carbons (Fsp3) is 0.922. The van der Waals surface area contributed by atoms with Crippen molar-refractivity contribution in [1.29, 1.82) is 0 Å². The largest absolute Gasteiger partial charge is 0.479 e. The molecular weight excluding hydrogens is 917 g/mol. The van der Waals surface area contributed by atoms with E-state index >= 15 is 0 Å². The van der Waals surface area contributed by atoms with E-state index in [1.807, 2.05) is 13.8 Å². The number of rotatable bonds is 11. The summed E-state index contributed by atoms with van der Waals surface area (Å²) in [7, 11) is 0. The number of allylic oxidation sites excluding steroid dienone is 2. The molecule has 3 aliphatic heterocycles. The van der Waals surface area contributed by atoms with E-state index in [9.17, 15) is 60.7 Å². The minimum atomic E-state index is -2.08. The molecule has 0 aromatic carbocycles. The quantitative estimate of drug-likeness (QED) is 0.0800. The summed E-state index contributed by atoms with van der Waals surface area (Å²) in [4.78, 5) is 25.3. The van der Waals surface area contributed by atoms with Crippen LogP contribution in [0.2, 0.25) is 0 Å². The van der Waals surface area contributed by atoms with Gasteiger partial charge in [0.1, 0.15) is 67.1 Å². The Bertz CT molecular complexity index is 1950. The van der Waals surface area contributed by atoms with E-state index in [1.165, 1.54) is 12.5 Å². The Labute approximate surface area is 410 Å². The van der Waals surface area contributed by atoms with Crippen molar-refractivity contribution in [3.05, 3.63) is 11.6 Å². The molecule has 0 spiro atoms. The van der Waals surface area contributed by atoms with Gasteiger partial charge in [0, 0.05) is 17.3 Å². The van der Waals surface area contributed by atoms with Gasteiger partial charge in [-0.3, -0.25) is 4.79 Å². The fourth-order valence-corrected chi connectivity index (χ4v) is 15.5. The summed E-state index contributed by atoms with van der Waals surface area (Å²) in [6.07, 6.45) is -17.3. The maximum Gasteiger partial charge on any atom is 0.335 e. The van der Waals surface area contributed by atoms with Crippen molar-refractivity contribution < 1.29 is 93.8 Å². The number of esters is 1. The van der Waals surface area contributed by atoms with Crippen molar-refractivity contribution >= 4 is 11.9 Å². The summed E-state index contributed by atoms with van der Waals surface area (Å²) in [6.45, 7) is 18.2. The SMILES string of the molecule is CCC(=O)O[C@@H]1CC(C)(C)C[C@H]2C3=CC[C@@H]4[C@@]5(C)CC[C@H](O[C@@H]6O[C@H](C(=O)O)[C@@H](O)[C@H](O)[C@H]6O[C@@H]6O[C@H](CO)[C@H](O)[C@H](O)[C@H]6O[C@@H]6O[C@@H](C)[C@H](O)[C@@H](O)[C@H]6O)[C@](C)(CO)[C@@H]5CC[C@@]4(C)[C@]3(C)CC[C@@]12C. The molecule has 7 fully saturated rings. The topological polar surface area (TPSA) is 301 Å². The maximum atomic E-state index is 12.8. The number of hydrogen-bond acceptors (Lipinski definition) is 18. The van der Waals surface area contributed by atoms with Crippen LogP contribution in [0.4, 0.5) is 0 Å². The fourth-order valence-electron chi connectivity index (χ4n) is 15.5. The van der Waals surface area contributed by atoms with Crippen LogP contribution in [-0.4, -0.2) is 181 Å². The Morgan fingerprint density at radius 3 is 1.94 bits per heavy atom. The molecule has 0 aromatic heterocycles. The second kappa shape index (κ2) is 19.3. The van der Waals surface area contributed by atoms with Crippen LogP contribution in [0.15, 0.2) is 11.6 Å². The average molecular weight is 999 g/mol. The first-order valence-corrected chi connectivity index (χ1v) is 25.7. The molecule has 8 aliphatic rings. The molecule has 4 saturated carbocycles. The minimum absolute atomic E-state index is 0.0258. The molecule has 400 valence electrons. The van der Waals surface area contributed by atoms with E-state index in [1.54, 1.807) is 0 Å². The van der Waals surface area contributed by atoms with E-state index < -0.39 is 116 Å². The van der Waals surface area contributed by atoms with Crippen LogP contribution in [0.3, 0.4) is 0 Å². The molecule has 19 nitrogen and oxygen atoms in total. The van der Waals surface area contributed by atoms with Crippen LogP contribution in [-0.2, 0) is 42.7 Å². The van der Waals surface area contributed by atoms with Crippen LogP contribution < -0.4 is 0 Å². The van der Waals surface area contributed by atoms with Gasteiger partial charge in [0.05, 0.1) is 25.4 Å². The van der Waals surface area contributed by atoms with Crippen LogP contribution >= 0.6 is 0 Å². The van der Waals surface area contributed by atoms with Crippen molar-refractivity contribution in [2.75, 3.05) is 13.2 Å². The van der Waals surface area contributed by atoms with Gasteiger partial charge in [-0.25, -0.2) is 4.79 Å². The normalized spacial score (nSPS) is 53.3. The van der Waals surface area contributed by atoms with Gasteiger partial charge in [-0.2, -0.15) is 0 Å². The third-order valence-corrected chi connectivity index (χ3v) is 20.0. The van der Waals surface area contributed by atoms with Gasteiger partial charge < -0.3 is 84.2 Å². The summed E-state index contributed by atoms with van der Waals surface area (Å²) in [5.74, 6) is -1.41. The maximum absolute atomic E-state index is 12.8. The Morgan fingerprint density at radius 1 is 0.671 bits per heavy atom. The highest BCUT2D eigenvalue weighted by Crippen LogP contribution is 2.76. The number of fused-ring (bicyclic) bond motifs is 7. The van der Waals surface area contributed by atoms with Gasteiger partial charge in [-0.05, 0) is 104 Å². The monoisotopic (exact) mass is 999 g/mol. The van der Waals surface area contributed by atoms with Gasteiger partial charge in [-0.15, -0.1) is 0 Å². The first-order valence-electron chi connectivity index (χ1n) is 25.7. The molecule has 25 atom stereocenters. The van der Waals surface area contributed by atoms with Gasteiger partial charge in [0.2, 0.25) is 0 Å². The molecule has 19 heteroatoms. The number of carboxylic acid groups (broad SMARTS) is 1. The first kappa shape index (κ1) is 54.3. The minimum Gasteiger partial charge on any atom is -0.479 e. The van der Waals surface area contributed by atoms with E-state index in [0.29, 0.717) is 19.3 Å². The molecule has 5 aliphatic carbocycles. The molecule has 10 N–H and O–H groups in total. The van der Waals surface area contributed by atoms with Crippen molar-refractivity contribution in [2.45, 2.75) is 231 Å². The Kier molecular flexibility index (Phi) is 15.0. The van der Waals surface area contributed by atoms with Gasteiger partial charge >= 0.3 is 11.9 Å². The number of aliphatic hydroxyl groups is 9. The third-order valence-electron chi connectivity index (χ3n) is 20.0. The van der Waals surface area contributed by atoms with E-state index in [2.05, 4.69) is 47.6 Å². The molecule has 0 aromatic rings. The molecule has 8 rings (SSSR count). The van der Waals surface area contributed by atoms with Crippen molar-refractivity contribution in [3.8, 4) is 0 Å². The molecule has 0 unspecified atom stereocenters. The predicted molar refractivity (Wildman–Crippen MR) is 245 cm³/mol. The zero-order valence-electron chi connectivity index (χ0n) is 42.3. The molecule has 0 amide bonds. The van der Waals surface area contributed by atoms with Crippen molar-refractivity contribution in [3.63, 3.8) is 0 Å². The average Bonchev–Trinajstić information content (AvgIpc) is 3.30. The Balaban J connectivity index is 1.07. The lowest BCUT2D eigenvalue weighted by Crippen LogP contribution is -2.68. The van der Waals surface area contributed by atoms with Crippen LogP contribution in [0.1, 0.15) is 127 Å². The summed E-state index contributed by atoms with van der Waals surface area (Å²) >= 11 is 0. The highest BCUT2D eigenvalue weighted by molar-refractivity contribution is 5.73. The smallest absolute Gasteiger partial charge is 0.335 e. The molecule has 3 saturated heterocycles. The van der Waals surface area contributed by atoms with Crippen LogP contribution in [0.25, 0.3) is 0 Å². The summed E-state index contributed by atoms with van der Waals surface area (Å²) < 4.78 is 42.6. The summed E-state index contributed by atoms with van der Waals surface area (Å²) in [5, 5.41) is 109. The number of carbonyl (C=O) groups excluding carboxylic acids is 1. The van der Waals surface area contributed by atoms with E-state index in [-0.39, 0.29) is 63.5 Å². The van der Waals surface area contributed by atoms with Crippen LogP contribution in [0.5, 0.6) is 0 Å². The zero-order chi connectivity index (χ0) is 51.4. The number of aliphatic hydroxyl groups excluding tert-OH is 9. The predicted octanol–water partition coefficient (Wildman–Crippen LogP) is 1.67. The highest BCUT2D eigenvalue weighted by Gasteiger charge is 2.70. The Morgan fingerprint density at radius 2 is 1.31 bits per heavy atom. The number of ether oxygens (including phenoxy) is 7.